The molecule has 0 aromatic heterocycles. The molecule has 0 aliphatic carbocycles. The number of terminal acetylenes is 1. The van der Waals surface area contributed by atoms with Gasteiger partial charge in [-0.15, -0.1) is 6.42 Å². The summed E-state index contributed by atoms with van der Waals surface area (Å²) in [5, 5.41) is 0. The van der Waals surface area contributed by atoms with E-state index < -0.39 is 0 Å². The van der Waals surface area contributed by atoms with E-state index in [1.807, 2.05) is 0 Å². The maximum absolute atomic E-state index is 5.07. The molecule has 0 heterocycles. The third kappa shape index (κ3) is 5.44. The molecule has 0 fully saturated rings. The van der Waals surface area contributed by atoms with Crippen LogP contribution in [0.25, 0.3) is 0 Å². The summed E-state index contributed by atoms with van der Waals surface area (Å²) >= 11 is 0. The van der Waals surface area contributed by atoms with Crippen LogP contribution in [0.2, 0.25) is 0 Å². The molecular weight excluding hydrogens is 120 g/mol. The van der Waals surface area contributed by atoms with E-state index in [-0.39, 0.29) is 0 Å². The van der Waals surface area contributed by atoms with Crippen molar-refractivity contribution in [3.8, 4) is 12.3 Å². The highest BCUT2D eigenvalue weighted by Gasteiger charge is 1.93. The van der Waals surface area contributed by atoms with Gasteiger partial charge in [0.1, 0.15) is 0 Å². The van der Waals surface area contributed by atoms with Crippen molar-refractivity contribution < 1.29 is 0 Å². The van der Waals surface area contributed by atoms with Crippen LogP contribution in [0, 0.1) is 18.3 Å². The van der Waals surface area contributed by atoms with E-state index in [2.05, 4.69) is 25.8 Å². The molecule has 0 N–H and O–H groups in total. The van der Waals surface area contributed by atoms with Crippen molar-refractivity contribution >= 4 is 0 Å². The predicted molar refractivity (Wildman–Crippen MR) is 46.7 cm³/mol. The number of allylic oxidation sites excluding steroid dienone is 2. The van der Waals surface area contributed by atoms with E-state index in [1.54, 1.807) is 6.08 Å². The third-order valence-corrected chi connectivity index (χ3v) is 1.53. The molecule has 0 amide bonds. The Balaban J connectivity index is 3.35. The Kier molecular flexibility index (Phi) is 5.97. The lowest BCUT2D eigenvalue weighted by atomic mass is 10.0. The summed E-state index contributed by atoms with van der Waals surface area (Å²) in [5.74, 6) is 3.14. The van der Waals surface area contributed by atoms with Crippen molar-refractivity contribution in [1.82, 2.24) is 0 Å². The normalized spacial score (nSPS) is 13.3. The van der Waals surface area contributed by atoms with Gasteiger partial charge in [0.15, 0.2) is 0 Å². The number of hydrogen-bond donors (Lipinski definition) is 0. The second-order valence-corrected chi connectivity index (χ2v) is 2.65. The fourth-order valence-corrected chi connectivity index (χ4v) is 0.842. The molecule has 0 rings (SSSR count). The Morgan fingerprint density at radius 1 is 1.60 bits per heavy atom. The Bertz CT molecular complexity index is 125. The van der Waals surface area contributed by atoms with Crippen LogP contribution in [0.4, 0.5) is 0 Å². The van der Waals surface area contributed by atoms with Crippen LogP contribution < -0.4 is 0 Å². The van der Waals surface area contributed by atoms with E-state index >= 15 is 0 Å². The molecule has 1 atom stereocenters. The molecule has 56 valence electrons. The van der Waals surface area contributed by atoms with Crippen molar-refractivity contribution in [1.29, 1.82) is 0 Å². The minimum atomic E-state index is 0.649. The average Bonchev–Trinajstić information content (AvgIpc) is 1.97. The van der Waals surface area contributed by atoms with Crippen molar-refractivity contribution in [3.63, 3.8) is 0 Å². The molecule has 0 bridgehead atoms. The van der Waals surface area contributed by atoms with Crippen LogP contribution in [0.1, 0.15) is 33.1 Å². The van der Waals surface area contributed by atoms with Crippen LogP contribution >= 0.6 is 0 Å². The van der Waals surface area contributed by atoms with E-state index in [9.17, 15) is 0 Å². The fraction of sp³-hybridized carbons (Fsp3) is 0.600. The van der Waals surface area contributed by atoms with E-state index in [0.717, 1.165) is 0 Å². The Morgan fingerprint density at radius 2 is 2.30 bits per heavy atom. The molecular formula is C10H16. The molecule has 1 unspecified atom stereocenters. The molecule has 0 heteroatoms. The summed E-state index contributed by atoms with van der Waals surface area (Å²) in [5.41, 5.74) is 0. The maximum atomic E-state index is 5.07. The summed E-state index contributed by atoms with van der Waals surface area (Å²) < 4.78 is 0. The average molecular weight is 136 g/mol. The van der Waals surface area contributed by atoms with Gasteiger partial charge in [0.2, 0.25) is 0 Å². The van der Waals surface area contributed by atoms with E-state index in [0.29, 0.717) is 5.92 Å². The van der Waals surface area contributed by atoms with E-state index in [4.69, 9.17) is 6.42 Å². The van der Waals surface area contributed by atoms with Gasteiger partial charge in [0.05, 0.1) is 0 Å². The first-order chi connectivity index (χ1) is 4.81. The van der Waals surface area contributed by atoms with Gasteiger partial charge in [-0.3, -0.25) is 0 Å². The minimum absolute atomic E-state index is 0.649. The largest absolute Gasteiger partial charge is 0.115 e. The van der Waals surface area contributed by atoms with Gasteiger partial charge in [0.25, 0.3) is 0 Å². The number of hydrogen-bond acceptors (Lipinski definition) is 0. The number of unbranched alkanes of at least 4 members (excludes halogenated alkanes) is 1. The molecule has 0 aliphatic rings. The molecule has 0 saturated carbocycles. The van der Waals surface area contributed by atoms with Crippen LogP contribution in [0.15, 0.2) is 12.2 Å². The second kappa shape index (κ2) is 6.42. The van der Waals surface area contributed by atoms with Gasteiger partial charge in [-0.1, -0.05) is 38.7 Å². The Labute approximate surface area is 64.3 Å². The van der Waals surface area contributed by atoms with Gasteiger partial charge < -0.3 is 0 Å². The second-order valence-electron chi connectivity index (χ2n) is 2.65. The zero-order valence-corrected chi connectivity index (χ0v) is 6.93. The van der Waals surface area contributed by atoms with Gasteiger partial charge in [0, 0.05) is 0 Å². The van der Waals surface area contributed by atoms with Gasteiger partial charge in [-0.2, -0.15) is 0 Å². The quantitative estimate of drug-likeness (QED) is 0.521. The molecule has 0 radical (unpaired) electrons. The molecule has 0 aromatic carbocycles. The van der Waals surface area contributed by atoms with Crippen molar-refractivity contribution in [2.45, 2.75) is 33.1 Å². The molecule has 0 nitrogen and oxygen atoms in total. The van der Waals surface area contributed by atoms with Crippen molar-refractivity contribution in [2.24, 2.45) is 5.92 Å². The summed E-state index contributed by atoms with van der Waals surface area (Å²) in [4.78, 5) is 0. The van der Waals surface area contributed by atoms with Crippen LogP contribution in [0.5, 0.6) is 0 Å². The topological polar surface area (TPSA) is 0 Å². The first-order valence-corrected chi connectivity index (χ1v) is 3.94. The minimum Gasteiger partial charge on any atom is -0.115 e. The third-order valence-electron chi connectivity index (χ3n) is 1.53. The highest BCUT2D eigenvalue weighted by Crippen LogP contribution is 2.07. The van der Waals surface area contributed by atoms with Gasteiger partial charge in [-0.05, 0) is 18.4 Å². The van der Waals surface area contributed by atoms with Gasteiger partial charge >= 0.3 is 0 Å². The summed E-state index contributed by atoms with van der Waals surface area (Å²) in [6.07, 6.45) is 12.8. The lowest BCUT2D eigenvalue weighted by molar-refractivity contribution is 0.598. The maximum Gasteiger partial charge on any atom is -0.0159 e. The van der Waals surface area contributed by atoms with Gasteiger partial charge in [-0.25, -0.2) is 0 Å². The van der Waals surface area contributed by atoms with Crippen molar-refractivity contribution in [2.75, 3.05) is 0 Å². The van der Waals surface area contributed by atoms with Crippen LogP contribution in [-0.4, -0.2) is 0 Å². The predicted octanol–water partition coefficient (Wildman–Crippen LogP) is 3.00. The molecule has 10 heavy (non-hydrogen) atoms. The zero-order chi connectivity index (χ0) is 7.82. The van der Waals surface area contributed by atoms with Crippen molar-refractivity contribution in [3.05, 3.63) is 12.2 Å². The summed E-state index contributed by atoms with van der Waals surface area (Å²) in [6, 6.07) is 0. The summed E-state index contributed by atoms with van der Waals surface area (Å²) in [6.45, 7) is 4.40. The SMILES string of the molecule is C#CC=CC(C)CCCC. The fourth-order valence-electron chi connectivity index (χ4n) is 0.842. The Morgan fingerprint density at radius 3 is 2.80 bits per heavy atom. The van der Waals surface area contributed by atoms with Crippen LogP contribution in [-0.2, 0) is 0 Å². The van der Waals surface area contributed by atoms with Crippen LogP contribution in [0.3, 0.4) is 0 Å². The number of rotatable bonds is 4. The smallest absolute Gasteiger partial charge is 0.0159 e. The first kappa shape index (κ1) is 9.30. The molecule has 0 aromatic rings. The zero-order valence-electron chi connectivity index (χ0n) is 6.93. The van der Waals surface area contributed by atoms with E-state index in [1.165, 1.54) is 19.3 Å². The first-order valence-electron chi connectivity index (χ1n) is 3.94. The standard InChI is InChI=1S/C10H16/c1-4-6-8-10(3)9-7-5-2/h1,6,8,10H,5,7,9H2,2-3H3. The molecule has 0 spiro atoms. The Hall–Kier alpha value is -0.700. The lowest BCUT2D eigenvalue weighted by Crippen LogP contribution is -1.87. The monoisotopic (exact) mass is 136 g/mol. The highest BCUT2D eigenvalue weighted by molar-refractivity contribution is 5.09. The highest BCUT2D eigenvalue weighted by atomic mass is 14.0. The molecule has 0 aliphatic heterocycles. The molecule has 0 saturated heterocycles. The summed E-state index contributed by atoms with van der Waals surface area (Å²) in [7, 11) is 0. The lowest BCUT2D eigenvalue weighted by Gasteiger charge is -2.01.